The number of alkyl halides is 3. The van der Waals surface area contributed by atoms with E-state index in [9.17, 15) is 26.4 Å². The normalized spacial score (nSPS) is 14.2. The third kappa shape index (κ3) is 8.92. The average Bonchev–Trinajstić information content (AvgIpc) is 2.87. The predicted octanol–water partition coefficient (Wildman–Crippen LogP) is 2.55. The molecule has 2 aromatic rings. The molecule has 3 rings (SSSR count). The molecule has 0 aromatic heterocycles. The molecule has 8 nitrogen and oxygen atoms in total. The molecular formula is C24H30F3N3O5S. The first-order valence-corrected chi connectivity index (χ1v) is 12.8. The molecule has 12 heteroatoms. The van der Waals surface area contributed by atoms with Crippen LogP contribution in [0, 0.1) is 0 Å². The minimum absolute atomic E-state index is 0.134. The lowest BCUT2D eigenvalue weighted by molar-refractivity contribution is -0.192. The summed E-state index contributed by atoms with van der Waals surface area (Å²) in [4.78, 5) is 23.7. The molecule has 0 saturated carbocycles. The number of piperazine rings is 1. The summed E-state index contributed by atoms with van der Waals surface area (Å²) in [6.45, 7) is 4.85. The van der Waals surface area contributed by atoms with Crippen LogP contribution in [0.5, 0.6) is 0 Å². The van der Waals surface area contributed by atoms with Crippen LogP contribution in [0.1, 0.15) is 18.1 Å². The van der Waals surface area contributed by atoms with E-state index in [1.807, 2.05) is 49.4 Å². The van der Waals surface area contributed by atoms with E-state index in [2.05, 4.69) is 5.32 Å². The Kier molecular flexibility index (Phi) is 10.9. The van der Waals surface area contributed by atoms with E-state index in [-0.39, 0.29) is 23.9 Å². The van der Waals surface area contributed by atoms with E-state index in [1.165, 1.54) is 4.31 Å². The van der Waals surface area contributed by atoms with E-state index in [1.54, 1.807) is 17.0 Å². The number of hydrogen-bond acceptors (Lipinski definition) is 5. The first-order chi connectivity index (χ1) is 16.9. The largest absolute Gasteiger partial charge is 0.490 e. The second-order valence-electron chi connectivity index (χ2n) is 8.01. The number of nitrogens with one attached hydrogen (secondary N) is 1. The summed E-state index contributed by atoms with van der Waals surface area (Å²) in [6.07, 6.45) is -3.68. The minimum atomic E-state index is -5.08. The van der Waals surface area contributed by atoms with Crippen LogP contribution < -0.4 is 5.32 Å². The third-order valence-electron chi connectivity index (χ3n) is 5.49. The molecule has 2 aromatic carbocycles. The summed E-state index contributed by atoms with van der Waals surface area (Å²) in [5, 5.41) is 10.3. The highest BCUT2D eigenvalue weighted by Gasteiger charge is 2.38. The Morgan fingerprint density at radius 2 is 1.56 bits per heavy atom. The number of halogens is 3. The lowest BCUT2D eigenvalue weighted by Crippen LogP contribution is -2.50. The molecule has 1 heterocycles. The summed E-state index contributed by atoms with van der Waals surface area (Å²) < 4.78 is 59.7. The van der Waals surface area contributed by atoms with Gasteiger partial charge in [0.25, 0.3) is 0 Å². The summed E-state index contributed by atoms with van der Waals surface area (Å²) in [6, 6.07) is 16.7. The van der Waals surface area contributed by atoms with Gasteiger partial charge in [-0.15, -0.1) is 0 Å². The monoisotopic (exact) mass is 529 g/mol. The molecule has 0 unspecified atom stereocenters. The maximum Gasteiger partial charge on any atom is 0.490 e. The number of amides is 1. The molecule has 0 atom stereocenters. The van der Waals surface area contributed by atoms with Gasteiger partial charge in [0.15, 0.2) is 0 Å². The predicted molar refractivity (Wildman–Crippen MR) is 128 cm³/mol. The van der Waals surface area contributed by atoms with Crippen molar-refractivity contribution in [3.8, 4) is 0 Å². The first-order valence-electron chi connectivity index (χ1n) is 11.4. The summed E-state index contributed by atoms with van der Waals surface area (Å²) in [5.41, 5.74) is 2.13. The van der Waals surface area contributed by atoms with Crippen LogP contribution in [-0.2, 0) is 32.5 Å². The molecule has 2 N–H and O–H groups in total. The van der Waals surface area contributed by atoms with E-state index >= 15 is 0 Å². The first kappa shape index (κ1) is 29.3. The number of carbonyl (C=O) groups is 2. The highest BCUT2D eigenvalue weighted by molar-refractivity contribution is 7.89. The number of carbonyl (C=O) groups excluding carboxylic acids is 1. The van der Waals surface area contributed by atoms with Crippen molar-refractivity contribution in [3.63, 3.8) is 0 Å². The number of carboxylic acid groups (broad SMARTS) is 1. The molecule has 0 bridgehead atoms. The number of nitrogens with zero attached hydrogens (tertiary/aromatic N) is 2. The van der Waals surface area contributed by atoms with Gasteiger partial charge in [0, 0.05) is 32.7 Å². The third-order valence-corrected chi connectivity index (χ3v) is 7.35. The van der Waals surface area contributed by atoms with Gasteiger partial charge in [0.1, 0.15) is 0 Å². The van der Waals surface area contributed by atoms with E-state index < -0.39 is 22.2 Å². The molecule has 1 aliphatic heterocycles. The summed E-state index contributed by atoms with van der Waals surface area (Å²) in [5.74, 6) is -2.90. The molecule has 1 amide bonds. The standard InChI is InChI=1S/C22H29N3O3S.C2HF3O2/c1-2-19-8-10-21(11-9-19)29(27,28)25(15-12-20-6-4-3-5-7-20)18-22(26)24-16-13-23-14-17-24;3-2(4,5)1(6)7/h3-11,23H,2,12-18H2,1H3;(H,6,7). The fourth-order valence-electron chi connectivity index (χ4n) is 3.39. The van der Waals surface area contributed by atoms with Crippen molar-refractivity contribution in [2.24, 2.45) is 0 Å². The number of aryl methyl sites for hydroxylation is 1. The van der Waals surface area contributed by atoms with Gasteiger partial charge in [-0.05, 0) is 36.1 Å². The van der Waals surface area contributed by atoms with Gasteiger partial charge in [-0.2, -0.15) is 17.5 Å². The zero-order valence-corrected chi connectivity index (χ0v) is 20.7. The Hall–Kier alpha value is -2.96. The molecule has 0 aliphatic carbocycles. The molecule has 1 saturated heterocycles. The maximum absolute atomic E-state index is 13.3. The Morgan fingerprint density at radius 1 is 1.00 bits per heavy atom. The van der Waals surface area contributed by atoms with Crippen molar-refractivity contribution in [2.75, 3.05) is 39.3 Å². The fraction of sp³-hybridized carbons (Fsp3) is 0.417. The number of sulfonamides is 1. The number of hydrogen-bond donors (Lipinski definition) is 2. The molecule has 198 valence electrons. The SMILES string of the molecule is CCc1ccc(S(=O)(=O)N(CCc2ccccc2)CC(=O)N2CCNCC2)cc1.O=C(O)C(F)(F)F. The van der Waals surface area contributed by atoms with Crippen LogP contribution in [-0.4, -0.2) is 80.1 Å². The van der Waals surface area contributed by atoms with Crippen molar-refractivity contribution in [1.82, 2.24) is 14.5 Å². The van der Waals surface area contributed by atoms with Crippen LogP contribution in [0.15, 0.2) is 59.5 Å². The van der Waals surface area contributed by atoms with Crippen molar-refractivity contribution in [3.05, 3.63) is 65.7 Å². The summed E-state index contributed by atoms with van der Waals surface area (Å²) in [7, 11) is -3.76. The van der Waals surface area contributed by atoms with Gasteiger partial charge < -0.3 is 15.3 Å². The van der Waals surface area contributed by atoms with Crippen LogP contribution in [0.3, 0.4) is 0 Å². The van der Waals surface area contributed by atoms with E-state index in [4.69, 9.17) is 9.90 Å². The van der Waals surface area contributed by atoms with Crippen molar-refractivity contribution in [2.45, 2.75) is 30.8 Å². The lowest BCUT2D eigenvalue weighted by Gasteiger charge is -2.30. The maximum atomic E-state index is 13.3. The second-order valence-corrected chi connectivity index (χ2v) is 9.94. The zero-order chi connectivity index (χ0) is 26.8. The highest BCUT2D eigenvalue weighted by Crippen LogP contribution is 2.18. The second kappa shape index (κ2) is 13.4. The van der Waals surface area contributed by atoms with Gasteiger partial charge in [-0.3, -0.25) is 4.79 Å². The fourth-order valence-corrected chi connectivity index (χ4v) is 4.78. The van der Waals surface area contributed by atoms with Crippen molar-refractivity contribution in [1.29, 1.82) is 0 Å². The molecule has 0 radical (unpaired) electrons. The van der Waals surface area contributed by atoms with Gasteiger partial charge in [-0.1, -0.05) is 49.4 Å². The molecule has 1 aliphatic rings. The van der Waals surface area contributed by atoms with Crippen molar-refractivity contribution < 1.29 is 36.3 Å². The average molecular weight is 530 g/mol. The van der Waals surface area contributed by atoms with Crippen LogP contribution >= 0.6 is 0 Å². The smallest absolute Gasteiger partial charge is 0.475 e. The van der Waals surface area contributed by atoms with E-state index in [0.717, 1.165) is 30.6 Å². The van der Waals surface area contributed by atoms with Gasteiger partial charge in [0.05, 0.1) is 11.4 Å². The zero-order valence-electron chi connectivity index (χ0n) is 19.9. The number of carboxylic acids is 1. The summed E-state index contributed by atoms with van der Waals surface area (Å²) >= 11 is 0. The number of benzene rings is 2. The number of aliphatic carboxylic acids is 1. The Labute approximate surface area is 208 Å². The topological polar surface area (TPSA) is 107 Å². The van der Waals surface area contributed by atoms with E-state index in [0.29, 0.717) is 19.5 Å². The Bertz CT molecular complexity index is 1090. The van der Waals surface area contributed by atoms with Crippen molar-refractivity contribution >= 4 is 21.9 Å². The van der Waals surface area contributed by atoms with Gasteiger partial charge in [-0.25, -0.2) is 13.2 Å². The minimum Gasteiger partial charge on any atom is -0.475 e. The quantitative estimate of drug-likeness (QED) is 0.545. The highest BCUT2D eigenvalue weighted by atomic mass is 32.2. The Morgan fingerprint density at radius 3 is 2.06 bits per heavy atom. The Balaban J connectivity index is 0.000000572. The van der Waals surface area contributed by atoms with Gasteiger partial charge in [0.2, 0.25) is 15.9 Å². The molecular weight excluding hydrogens is 499 g/mol. The van der Waals surface area contributed by atoms with Crippen LogP contribution in [0.25, 0.3) is 0 Å². The lowest BCUT2D eigenvalue weighted by atomic mass is 10.1. The molecule has 0 spiro atoms. The van der Waals surface area contributed by atoms with Crippen LogP contribution in [0.2, 0.25) is 0 Å². The van der Waals surface area contributed by atoms with Gasteiger partial charge >= 0.3 is 12.1 Å². The number of rotatable bonds is 8. The molecule has 1 fully saturated rings. The molecule has 36 heavy (non-hydrogen) atoms. The van der Waals surface area contributed by atoms with Crippen LogP contribution in [0.4, 0.5) is 13.2 Å².